The van der Waals surface area contributed by atoms with Crippen molar-refractivity contribution in [1.29, 1.82) is 0 Å². The van der Waals surface area contributed by atoms with Gasteiger partial charge in [-0.25, -0.2) is 14.2 Å². The summed E-state index contributed by atoms with van der Waals surface area (Å²) in [4.78, 5) is 16.9. The first-order chi connectivity index (χ1) is 12.0. The van der Waals surface area contributed by atoms with Crippen molar-refractivity contribution in [3.05, 3.63) is 44.8 Å². The Morgan fingerprint density at radius 1 is 1.36 bits per heavy atom. The van der Waals surface area contributed by atoms with Gasteiger partial charge in [-0.05, 0) is 28.1 Å². The van der Waals surface area contributed by atoms with Crippen LogP contribution in [-0.2, 0) is 6.54 Å². The fourth-order valence-electron chi connectivity index (χ4n) is 3.08. The average molecular weight is 430 g/mol. The van der Waals surface area contributed by atoms with Crippen LogP contribution in [0.2, 0.25) is 5.15 Å². The minimum Gasteiger partial charge on any atom is -0.493 e. The van der Waals surface area contributed by atoms with Crippen LogP contribution in [0, 0.1) is 5.82 Å². The summed E-state index contributed by atoms with van der Waals surface area (Å²) in [6.45, 7) is 0.335. The van der Waals surface area contributed by atoms with Gasteiger partial charge in [-0.1, -0.05) is 11.6 Å². The van der Waals surface area contributed by atoms with Crippen LogP contribution < -0.4 is 14.4 Å². The monoisotopic (exact) mass is 428 g/mol. The highest BCUT2D eigenvalue weighted by Crippen LogP contribution is 2.42. The summed E-state index contributed by atoms with van der Waals surface area (Å²) in [6, 6.07) is 4.39. The number of fused-ring (bicyclic) bond motifs is 1. The maximum atomic E-state index is 14.5. The number of nitrogens with zero attached hydrogens (tertiary/aromatic N) is 2. The Balaban J connectivity index is 1.92. The topological polar surface area (TPSA) is 71.9 Å². The molecule has 1 aromatic carbocycles. The van der Waals surface area contributed by atoms with Gasteiger partial charge in [-0.15, -0.1) is 0 Å². The molecule has 0 saturated heterocycles. The van der Waals surface area contributed by atoms with Gasteiger partial charge in [0.15, 0.2) is 11.6 Å². The molecule has 0 spiro atoms. The first kappa shape index (κ1) is 16.4. The number of amides is 1. The molecule has 0 fully saturated rings. The van der Waals surface area contributed by atoms with Crippen molar-refractivity contribution >= 4 is 39.4 Å². The quantitative estimate of drug-likeness (QED) is 0.636. The molecule has 0 unspecified atom stereocenters. The van der Waals surface area contributed by atoms with E-state index in [9.17, 15) is 14.3 Å². The maximum absolute atomic E-state index is 14.5. The second-order valence-electron chi connectivity index (χ2n) is 5.71. The lowest BCUT2D eigenvalue weighted by Gasteiger charge is -2.21. The molecule has 25 heavy (non-hydrogen) atoms. The predicted octanol–water partition coefficient (Wildman–Crippen LogP) is 4.19. The lowest BCUT2D eigenvalue weighted by atomic mass is 9.95. The van der Waals surface area contributed by atoms with Crippen LogP contribution >= 0.6 is 27.5 Å². The normalized spacial score (nSPS) is 18.2. The molecule has 1 aromatic heterocycles. The Morgan fingerprint density at radius 2 is 2.08 bits per heavy atom. The number of hydrogen-bond acceptors (Lipinski definition) is 4. The number of hydrogen-bond donors (Lipinski definition) is 1. The number of rotatable bonds is 0. The van der Waals surface area contributed by atoms with Gasteiger partial charge in [-0.2, -0.15) is 0 Å². The van der Waals surface area contributed by atoms with Gasteiger partial charge >= 0.3 is 6.09 Å². The summed E-state index contributed by atoms with van der Waals surface area (Å²) in [5.74, 6) is 0.135. The standard InChI is InChI=1S/C16H11BrClFN2O4/c17-9-3-12-15(20-14(9)18)21(16(22)23)4-8-10(19)1-2-11-13(8)7(5-24-11)6-25-12/h1-3,7H,4-6H2,(H,22,23)/t7-/m1/s1. The molecule has 4 rings (SSSR count). The van der Waals surface area contributed by atoms with E-state index in [1.165, 1.54) is 6.07 Å². The van der Waals surface area contributed by atoms with E-state index in [-0.39, 0.29) is 41.4 Å². The number of carbonyl (C=O) groups is 1. The Bertz CT molecular complexity index is 895. The second kappa shape index (κ2) is 6.03. The van der Waals surface area contributed by atoms with Crippen molar-refractivity contribution in [2.45, 2.75) is 12.5 Å². The first-order valence-corrected chi connectivity index (χ1v) is 8.56. The molecule has 9 heteroatoms. The van der Waals surface area contributed by atoms with E-state index in [0.717, 1.165) is 4.90 Å². The van der Waals surface area contributed by atoms with Gasteiger partial charge in [0.2, 0.25) is 0 Å². The largest absolute Gasteiger partial charge is 0.493 e. The predicted molar refractivity (Wildman–Crippen MR) is 91.3 cm³/mol. The third-order valence-electron chi connectivity index (χ3n) is 4.23. The number of anilines is 1. The smallest absolute Gasteiger partial charge is 0.413 e. The number of carboxylic acid groups (broad SMARTS) is 1. The SMILES string of the molecule is O=C(O)N1Cc2c(F)ccc3c2[C@@H](COc2cc(Br)c(Cl)nc21)CO3. The highest BCUT2D eigenvalue weighted by Gasteiger charge is 2.34. The molecular weight excluding hydrogens is 419 g/mol. The summed E-state index contributed by atoms with van der Waals surface area (Å²) in [7, 11) is 0. The molecule has 2 aliphatic rings. The summed E-state index contributed by atoms with van der Waals surface area (Å²) in [6.07, 6.45) is -1.29. The Hall–Kier alpha value is -2.06. The summed E-state index contributed by atoms with van der Waals surface area (Å²) >= 11 is 9.27. The average Bonchev–Trinajstić information content (AvgIpc) is 2.99. The molecule has 2 aliphatic heterocycles. The highest BCUT2D eigenvalue weighted by atomic mass is 79.9. The third-order valence-corrected chi connectivity index (χ3v) is 5.35. The maximum Gasteiger partial charge on any atom is 0.413 e. The zero-order valence-corrected chi connectivity index (χ0v) is 15.0. The van der Waals surface area contributed by atoms with Crippen LogP contribution in [0.15, 0.2) is 22.7 Å². The van der Waals surface area contributed by atoms with Crippen molar-refractivity contribution in [3.63, 3.8) is 0 Å². The van der Waals surface area contributed by atoms with E-state index in [1.54, 1.807) is 12.1 Å². The Labute approximate surface area is 155 Å². The second-order valence-corrected chi connectivity index (χ2v) is 6.92. The lowest BCUT2D eigenvalue weighted by molar-refractivity contribution is 0.200. The first-order valence-electron chi connectivity index (χ1n) is 7.39. The fraction of sp³-hybridized carbons (Fsp3) is 0.250. The van der Waals surface area contributed by atoms with Crippen LogP contribution in [0.4, 0.5) is 15.0 Å². The minimum absolute atomic E-state index is 0.0265. The molecular formula is C16H11BrClFN2O4. The van der Waals surface area contributed by atoms with E-state index in [4.69, 9.17) is 21.1 Å². The molecule has 1 amide bonds. The van der Waals surface area contributed by atoms with Gasteiger partial charge in [0.1, 0.15) is 16.7 Å². The van der Waals surface area contributed by atoms with E-state index in [1.807, 2.05) is 0 Å². The molecule has 1 N–H and O–H groups in total. The van der Waals surface area contributed by atoms with Crippen molar-refractivity contribution < 1.29 is 23.8 Å². The van der Waals surface area contributed by atoms with E-state index in [2.05, 4.69) is 20.9 Å². The van der Waals surface area contributed by atoms with Crippen molar-refractivity contribution in [2.75, 3.05) is 18.1 Å². The molecule has 0 aliphatic carbocycles. The van der Waals surface area contributed by atoms with Crippen LogP contribution in [0.1, 0.15) is 17.0 Å². The molecule has 1 atom stereocenters. The van der Waals surface area contributed by atoms with Crippen LogP contribution in [0.5, 0.6) is 11.5 Å². The number of benzene rings is 1. The third kappa shape index (κ3) is 2.69. The zero-order valence-electron chi connectivity index (χ0n) is 12.6. The number of aromatic nitrogens is 1. The Kier molecular flexibility index (Phi) is 3.96. The van der Waals surface area contributed by atoms with Crippen molar-refractivity contribution in [2.24, 2.45) is 0 Å². The molecule has 0 bridgehead atoms. The van der Waals surface area contributed by atoms with Gasteiger partial charge in [0.25, 0.3) is 0 Å². The molecule has 0 radical (unpaired) electrons. The van der Waals surface area contributed by atoms with Crippen molar-refractivity contribution in [3.8, 4) is 11.5 Å². The molecule has 3 heterocycles. The van der Waals surface area contributed by atoms with E-state index >= 15 is 0 Å². The Morgan fingerprint density at radius 3 is 2.80 bits per heavy atom. The van der Waals surface area contributed by atoms with Crippen LogP contribution in [0.3, 0.4) is 0 Å². The van der Waals surface area contributed by atoms with Crippen LogP contribution in [-0.4, -0.2) is 29.4 Å². The van der Waals surface area contributed by atoms with Gasteiger partial charge in [0.05, 0.1) is 30.1 Å². The van der Waals surface area contributed by atoms with Gasteiger partial charge in [-0.3, -0.25) is 4.90 Å². The molecule has 130 valence electrons. The van der Waals surface area contributed by atoms with Crippen LogP contribution in [0.25, 0.3) is 0 Å². The molecule has 0 saturated carbocycles. The fourth-order valence-corrected chi connectivity index (χ4v) is 3.51. The van der Waals surface area contributed by atoms with Gasteiger partial charge < -0.3 is 14.6 Å². The molecule has 6 nitrogen and oxygen atoms in total. The summed E-state index contributed by atoms with van der Waals surface area (Å²) < 4.78 is 26.4. The molecule has 2 aromatic rings. The number of pyridine rings is 1. The number of halogens is 3. The summed E-state index contributed by atoms with van der Waals surface area (Å²) in [5, 5.41) is 9.73. The van der Waals surface area contributed by atoms with E-state index < -0.39 is 11.9 Å². The summed E-state index contributed by atoms with van der Waals surface area (Å²) in [5.41, 5.74) is 0.906. The minimum atomic E-state index is -1.29. The number of ether oxygens (including phenoxy) is 2. The van der Waals surface area contributed by atoms with E-state index in [0.29, 0.717) is 22.4 Å². The lowest BCUT2D eigenvalue weighted by Crippen LogP contribution is -2.30. The highest BCUT2D eigenvalue weighted by molar-refractivity contribution is 9.10. The van der Waals surface area contributed by atoms with Gasteiger partial charge in [0, 0.05) is 17.2 Å². The van der Waals surface area contributed by atoms with Crippen molar-refractivity contribution in [1.82, 2.24) is 4.98 Å². The zero-order chi connectivity index (χ0) is 17.7.